The number of aryl methyl sites for hydroxylation is 1. The number of para-hydroxylation sites is 1. The third-order valence-electron chi connectivity index (χ3n) is 3.49. The van der Waals surface area contributed by atoms with Crippen molar-refractivity contribution in [3.63, 3.8) is 0 Å². The quantitative estimate of drug-likeness (QED) is 0.373. The lowest BCUT2D eigenvalue weighted by molar-refractivity contribution is -0.385. The van der Waals surface area contributed by atoms with Crippen LogP contribution in [0.15, 0.2) is 48.0 Å². The van der Waals surface area contributed by atoms with Gasteiger partial charge in [0.1, 0.15) is 11.6 Å². The van der Waals surface area contributed by atoms with Crippen LogP contribution in [0.25, 0.3) is 6.08 Å². The first kappa shape index (κ1) is 18.2. The molecule has 1 N–H and O–H groups in total. The summed E-state index contributed by atoms with van der Waals surface area (Å²) in [6.07, 6.45) is 1.82. The highest BCUT2D eigenvalue weighted by atomic mass is 35.5. The number of carbonyl (C=O) groups is 1. The van der Waals surface area contributed by atoms with Gasteiger partial charge in [-0.15, -0.1) is 0 Å². The fourth-order valence-corrected chi connectivity index (χ4v) is 2.39. The summed E-state index contributed by atoms with van der Waals surface area (Å²) in [7, 11) is 0. The van der Waals surface area contributed by atoms with E-state index in [1.165, 1.54) is 12.1 Å². The minimum atomic E-state index is -0.641. The van der Waals surface area contributed by atoms with Crippen LogP contribution in [0, 0.1) is 21.4 Å². The standard InChI is InChI=1S/C18H14ClN3O3/c1-2-13-8-7-12(10-17(13)22(24)25)9-14(11-20)18(23)21-16-6-4-3-5-15(16)19/h3-10H,2H2,1H3,(H,21,23)/b14-9+. The zero-order chi connectivity index (χ0) is 18.4. The number of halogens is 1. The summed E-state index contributed by atoms with van der Waals surface area (Å²) in [5, 5.41) is 23.3. The number of nitro benzene ring substituents is 1. The molecule has 25 heavy (non-hydrogen) atoms. The van der Waals surface area contributed by atoms with Crippen LogP contribution in [-0.4, -0.2) is 10.8 Å². The molecule has 0 atom stereocenters. The number of hydrogen-bond donors (Lipinski definition) is 1. The van der Waals surface area contributed by atoms with E-state index in [9.17, 15) is 20.2 Å². The van der Waals surface area contributed by atoms with Gasteiger partial charge in [0, 0.05) is 11.6 Å². The fraction of sp³-hybridized carbons (Fsp3) is 0.111. The lowest BCUT2D eigenvalue weighted by atomic mass is 10.0. The molecular formula is C18H14ClN3O3. The Labute approximate surface area is 149 Å². The second-order valence-corrected chi connectivity index (χ2v) is 5.51. The summed E-state index contributed by atoms with van der Waals surface area (Å²) < 4.78 is 0. The number of nitrogens with zero attached hydrogens (tertiary/aromatic N) is 2. The predicted molar refractivity (Wildman–Crippen MR) is 96.1 cm³/mol. The van der Waals surface area contributed by atoms with Gasteiger partial charge in [0.2, 0.25) is 0 Å². The van der Waals surface area contributed by atoms with Crippen LogP contribution in [0.2, 0.25) is 5.02 Å². The van der Waals surface area contributed by atoms with Gasteiger partial charge in [-0.1, -0.05) is 42.8 Å². The Kier molecular flexibility index (Phi) is 5.88. The lowest BCUT2D eigenvalue weighted by Crippen LogP contribution is -2.13. The number of rotatable bonds is 5. The molecule has 0 radical (unpaired) electrons. The molecule has 0 bridgehead atoms. The molecule has 0 unspecified atom stereocenters. The molecule has 0 aromatic heterocycles. The summed E-state index contributed by atoms with van der Waals surface area (Å²) in [5.41, 5.74) is 1.14. The van der Waals surface area contributed by atoms with Crippen LogP contribution in [0.5, 0.6) is 0 Å². The number of amides is 1. The van der Waals surface area contributed by atoms with E-state index in [2.05, 4.69) is 5.32 Å². The van der Waals surface area contributed by atoms with Gasteiger partial charge in [-0.25, -0.2) is 0 Å². The monoisotopic (exact) mass is 355 g/mol. The molecule has 2 rings (SSSR count). The third kappa shape index (κ3) is 4.43. The van der Waals surface area contributed by atoms with Crippen molar-refractivity contribution in [2.75, 3.05) is 5.32 Å². The number of carbonyl (C=O) groups excluding carboxylic acids is 1. The van der Waals surface area contributed by atoms with E-state index in [1.807, 2.05) is 6.92 Å². The Bertz CT molecular complexity index is 901. The number of benzene rings is 2. The summed E-state index contributed by atoms with van der Waals surface area (Å²) in [6, 6.07) is 13.0. The van der Waals surface area contributed by atoms with E-state index in [0.717, 1.165) is 0 Å². The number of nitro groups is 1. The maximum atomic E-state index is 12.2. The maximum Gasteiger partial charge on any atom is 0.273 e. The number of anilines is 1. The summed E-state index contributed by atoms with van der Waals surface area (Å²) in [6.45, 7) is 1.82. The zero-order valence-electron chi connectivity index (χ0n) is 13.3. The molecule has 0 saturated heterocycles. The first-order chi connectivity index (χ1) is 12.0. The Morgan fingerprint density at radius 3 is 2.68 bits per heavy atom. The fourth-order valence-electron chi connectivity index (χ4n) is 2.21. The van der Waals surface area contributed by atoms with E-state index < -0.39 is 10.8 Å². The Morgan fingerprint density at radius 2 is 2.08 bits per heavy atom. The molecule has 2 aromatic carbocycles. The number of hydrogen-bond acceptors (Lipinski definition) is 4. The van der Waals surface area contributed by atoms with E-state index in [-0.39, 0.29) is 11.3 Å². The molecule has 0 spiro atoms. The molecule has 126 valence electrons. The first-order valence-electron chi connectivity index (χ1n) is 7.41. The first-order valence-corrected chi connectivity index (χ1v) is 7.79. The zero-order valence-corrected chi connectivity index (χ0v) is 14.1. The van der Waals surface area contributed by atoms with E-state index in [4.69, 9.17) is 11.6 Å². The van der Waals surface area contributed by atoms with Crippen molar-refractivity contribution in [2.45, 2.75) is 13.3 Å². The van der Waals surface area contributed by atoms with Gasteiger partial charge in [-0.3, -0.25) is 14.9 Å². The molecule has 0 aliphatic heterocycles. The molecule has 6 nitrogen and oxygen atoms in total. The Morgan fingerprint density at radius 1 is 1.36 bits per heavy atom. The second-order valence-electron chi connectivity index (χ2n) is 5.10. The third-order valence-corrected chi connectivity index (χ3v) is 3.81. The minimum absolute atomic E-state index is 0.0416. The van der Waals surface area contributed by atoms with Crippen LogP contribution in [0.1, 0.15) is 18.1 Å². The van der Waals surface area contributed by atoms with Gasteiger partial charge in [0.25, 0.3) is 11.6 Å². The average molecular weight is 356 g/mol. The van der Waals surface area contributed by atoms with Crippen LogP contribution in [-0.2, 0) is 11.2 Å². The van der Waals surface area contributed by atoms with E-state index >= 15 is 0 Å². The molecular weight excluding hydrogens is 342 g/mol. The van der Waals surface area contributed by atoms with Crippen LogP contribution >= 0.6 is 11.6 Å². The van der Waals surface area contributed by atoms with Gasteiger partial charge >= 0.3 is 0 Å². The highest BCUT2D eigenvalue weighted by molar-refractivity contribution is 6.34. The highest BCUT2D eigenvalue weighted by Crippen LogP contribution is 2.24. The Balaban J connectivity index is 2.33. The molecule has 0 heterocycles. The van der Waals surface area contributed by atoms with Crippen molar-refractivity contribution in [1.29, 1.82) is 5.26 Å². The minimum Gasteiger partial charge on any atom is -0.320 e. The topological polar surface area (TPSA) is 96.0 Å². The molecule has 7 heteroatoms. The highest BCUT2D eigenvalue weighted by Gasteiger charge is 2.15. The molecule has 0 aliphatic carbocycles. The molecule has 2 aromatic rings. The van der Waals surface area contributed by atoms with Gasteiger partial charge in [0.05, 0.1) is 15.6 Å². The van der Waals surface area contributed by atoms with Crippen molar-refractivity contribution in [1.82, 2.24) is 0 Å². The van der Waals surface area contributed by atoms with Crippen molar-refractivity contribution >= 4 is 35.0 Å². The van der Waals surface area contributed by atoms with Crippen molar-refractivity contribution < 1.29 is 9.72 Å². The number of nitrogens with one attached hydrogen (secondary N) is 1. The van der Waals surface area contributed by atoms with E-state index in [1.54, 1.807) is 42.5 Å². The van der Waals surface area contributed by atoms with Gasteiger partial charge in [-0.05, 0) is 30.2 Å². The van der Waals surface area contributed by atoms with Crippen molar-refractivity contribution in [3.8, 4) is 6.07 Å². The Hall–Kier alpha value is -3.17. The maximum absolute atomic E-state index is 12.2. The predicted octanol–water partition coefficient (Wildman–Crippen LogP) is 4.36. The van der Waals surface area contributed by atoms with Gasteiger partial charge in [-0.2, -0.15) is 5.26 Å². The molecule has 0 aliphatic rings. The van der Waals surface area contributed by atoms with Gasteiger partial charge in [0.15, 0.2) is 0 Å². The smallest absolute Gasteiger partial charge is 0.273 e. The van der Waals surface area contributed by atoms with E-state index in [0.29, 0.717) is 28.3 Å². The summed E-state index contributed by atoms with van der Waals surface area (Å²) in [5.74, 6) is -0.641. The summed E-state index contributed by atoms with van der Waals surface area (Å²) >= 11 is 5.97. The molecule has 0 fully saturated rings. The SMILES string of the molecule is CCc1ccc(/C=C(\C#N)C(=O)Nc2ccccc2Cl)cc1[N+](=O)[O-]. The normalized spacial score (nSPS) is 10.8. The van der Waals surface area contributed by atoms with Crippen molar-refractivity contribution in [2.24, 2.45) is 0 Å². The largest absolute Gasteiger partial charge is 0.320 e. The van der Waals surface area contributed by atoms with Crippen LogP contribution in [0.4, 0.5) is 11.4 Å². The number of nitriles is 1. The molecule has 1 amide bonds. The van der Waals surface area contributed by atoms with Crippen LogP contribution in [0.3, 0.4) is 0 Å². The molecule has 0 saturated carbocycles. The van der Waals surface area contributed by atoms with Crippen molar-refractivity contribution in [3.05, 3.63) is 74.3 Å². The second kappa shape index (κ2) is 8.08. The van der Waals surface area contributed by atoms with Gasteiger partial charge < -0.3 is 5.32 Å². The lowest BCUT2D eigenvalue weighted by Gasteiger charge is -2.06. The van der Waals surface area contributed by atoms with Crippen LogP contribution < -0.4 is 5.32 Å². The summed E-state index contributed by atoms with van der Waals surface area (Å²) in [4.78, 5) is 22.9. The average Bonchev–Trinajstić information content (AvgIpc) is 2.61.